The van der Waals surface area contributed by atoms with E-state index in [9.17, 15) is 0 Å². The van der Waals surface area contributed by atoms with Crippen LogP contribution < -0.4 is 10.1 Å². The van der Waals surface area contributed by atoms with Crippen LogP contribution in [0.3, 0.4) is 0 Å². The van der Waals surface area contributed by atoms with Crippen molar-refractivity contribution in [3.8, 4) is 5.75 Å². The largest absolute Gasteiger partial charge is 0.490 e. The molecule has 0 radical (unpaired) electrons. The Morgan fingerprint density at radius 3 is 2.82 bits per heavy atom. The van der Waals surface area contributed by atoms with E-state index < -0.39 is 0 Å². The summed E-state index contributed by atoms with van der Waals surface area (Å²) in [6.07, 6.45) is 3.98. The second-order valence-corrected chi connectivity index (χ2v) is 5.02. The van der Waals surface area contributed by atoms with E-state index in [4.69, 9.17) is 4.74 Å². The second-order valence-electron chi connectivity index (χ2n) is 4.17. The molecule has 0 amide bonds. The van der Waals surface area contributed by atoms with Crippen molar-refractivity contribution in [3.05, 3.63) is 40.4 Å². The zero-order valence-electron chi connectivity index (χ0n) is 10.7. The van der Waals surface area contributed by atoms with Crippen LogP contribution in [-0.2, 0) is 6.54 Å². The van der Waals surface area contributed by atoms with Gasteiger partial charge >= 0.3 is 0 Å². The zero-order chi connectivity index (χ0) is 12.7. The van der Waals surface area contributed by atoms with Crippen molar-refractivity contribution < 1.29 is 4.74 Å². The monoisotopic (exact) mass is 297 g/mol. The summed E-state index contributed by atoms with van der Waals surface area (Å²) in [4.78, 5) is 0. The third-order valence-electron chi connectivity index (χ3n) is 2.30. The van der Waals surface area contributed by atoms with Crippen LogP contribution in [0.5, 0.6) is 5.75 Å². The maximum atomic E-state index is 5.61. The van der Waals surface area contributed by atoms with Crippen LogP contribution in [0.1, 0.15) is 26.3 Å². The molecule has 0 aromatic heterocycles. The molecule has 3 heteroatoms. The zero-order valence-corrected chi connectivity index (χ0v) is 12.3. The molecule has 0 unspecified atom stereocenters. The van der Waals surface area contributed by atoms with Crippen molar-refractivity contribution in [3.63, 3.8) is 0 Å². The van der Waals surface area contributed by atoms with Crippen LogP contribution in [0.25, 0.3) is 0 Å². The molecular formula is C14H20BrNO. The van der Waals surface area contributed by atoms with Gasteiger partial charge in [-0.05, 0) is 30.7 Å². The van der Waals surface area contributed by atoms with E-state index in [1.54, 1.807) is 0 Å². The molecule has 1 rings (SSSR count). The first kappa shape index (κ1) is 14.3. The Morgan fingerprint density at radius 2 is 2.18 bits per heavy atom. The van der Waals surface area contributed by atoms with Crippen molar-refractivity contribution in [2.24, 2.45) is 0 Å². The number of benzene rings is 1. The smallest absolute Gasteiger partial charge is 0.120 e. The minimum atomic E-state index is 0.481. The highest BCUT2D eigenvalue weighted by molar-refractivity contribution is 9.10. The standard InChI is InChI=1S/C14H20BrNO/c1-4-5-8-17-13-6-7-14(15)12(9-13)10-16-11(2)3/h4-7,9,11,16H,8,10H2,1-3H3/b5-4+. The van der Waals surface area contributed by atoms with E-state index in [-0.39, 0.29) is 0 Å². The normalized spacial score (nSPS) is 11.4. The predicted octanol–water partition coefficient (Wildman–Crippen LogP) is 3.90. The van der Waals surface area contributed by atoms with Crippen LogP contribution >= 0.6 is 15.9 Å². The molecule has 17 heavy (non-hydrogen) atoms. The van der Waals surface area contributed by atoms with Gasteiger partial charge in [0.2, 0.25) is 0 Å². The Kier molecular flexibility index (Phi) is 6.30. The molecule has 0 aliphatic rings. The number of nitrogens with one attached hydrogen (secondary N) is 1. The predicted molar refractivity (Wildman–Crippen MR) is 76.4 cm³/mol. The van der Waals surface area contributed by atoms with Crippen LogP contribution in [-0.4, -0.2) is 12.6 Å². The summed E-state index contributed by atoms with van der Waals surface area (Å²) in [7, 11) is 0. The molecule has 1 N–H and O–H groups in total. The molecule has 2 nitrogen and oxygen atoms in total. The Hall–Kier alpha value is -0.800. The number of halogens is 1. The average molecular weight is 298 g/mol. The molecular weight excluding hydrogens is 278 g/mol. The first-order valence-corrected chi connectivity index (χ1v) is 6.68. The highest BCUT2D eigenvalue weighted by Crippen LogP contribution is 2.22. The highest BCUT2D eigenvalue weighted by Gasteiger charge is 2.03. The summed E-state index contributed by atoms with van der Waals surface area (Å²) in [6, 6.07) is 6.56. The third kappa shape index (κ3) is 5.37. The quantitative estimate of drug-likeness (QED) is 0.804. The molecule has 0 bridgehead atoms. The van der Waals surface area contributed by atoms with Gasteiger partial charge in [-0.1, -0.05) is 41.9 Å². The van der Waals surface area contributed by atoms with Gasteiger partial charge in [0.05, 0.1) is 0 Å². The van der Waals surface area contributed by atoms with Gasteiger partial charge in [-0.25, -0.2) is 0 Å². The highest BCUT2D eigenvalue weighted by atomic mass is 79.9. The lowest BCUT2D eigenvalue weighted by Gasteiger charge is -2.11. The molecule has 0 spiro atoms. The Bertz CT molecular complexity index is 374. The topological polar surface area (TPSA) is 21.3 Å². The van der Waals surface area contributed by atoms with E-state index in [0.717, 1.165) is 16.8 Å². The first-order chi connectivity index (χ1) is 8.13. The fourth-order valence-electron chi connectivity index (χ4n) is 1.33. The van der Waals surface area contributed by atoms with Crippen LogP contribution in [0.15, 0.2) is 34.8 Å². The number of allylic oxidation sites excluding steroid dienone is 1. The summed E-state index contributed by atoms with van der Waals surface area (Å²) in [5.41, 5.74) is 1.22. The summed E-state index contributed by atoms with van der Waals surface area (Å²) in [6.45, 7) is 7.73. The van der Waals surface area contributed by atoms with Gasteiger partial charge in [0.25, 0.3) is 0 Å². The minimum Gasteiger partial charge on any atom is -0.490 e. The molecule has 1 aromatic rings. The lowest BCUT2D eigenvalue weighted by molar-refractivity contribution is 0.362. The van der Waals surface area contributed by atoms with Gasteiger partial charge in [0.15, 0.2) is 0 Å². The van der Waals surface area contributed by atoms with Crippen LogP contribution in [0, 0.1) is 0 Å². The van der Waals surface area contributed by atoms with E-state index in [1.807, 2.05) is 31.2 Å². The van der Waals surface area contributed by atoms with Gasteiger partial charge in [-0.2, -0.15) is 0 Å². The van der Waals surface area contributed by atoms with Gasteiger partial charge < -0.3 is 10.1 Å². The van der Waals surface area contributed by atoms with Crippen molar-refractivity contribution >= 4 is 15.9 Å². The fraction of sp³-hybridized carbons (Fsp3) is 0.429. The first-order valence-electron chi connectivity index (χ1n) is 5.89. The Balaban J connectivity index is 2.65. The maximum absolute atomic E-state index is 5.61. The van der Waals surface area contributed by atoms with Gasteiger partial charge in [0, 0.05) is 17.1 Å². The van der Waals surface area contributed by atoms with E-state index in [0.29, 0.717) is 12.6 Å². The maximum Gasteiger partial charge on any atom is 0.120 e. The number of rotatable bonds is 6. The lowest BCUT2D eigenvalue weighted by atomic mass is 10.2. The molecule has 0 fully saturated rings. The van der Waals surface area contributed by atoms with Gasteiger partial charge in [0.1, 0.15) is 12.4 Å². The molecule has 0 heterocycles. The van der Waals surface area contributed by atoms with Crippen LogP contribution in [0.2, 0.25) is 0 Å². The summed E-state index contributed by atoms with van der Waals surface area (Å²) in [5, 5.41) is 3.40. The number of hydrogen-bond acceptors (Lipinski definition) is 2. The average Bonchev–Trinajstić information content (AvgIpc) is 2.29. The Morgan fingerprint density at radius 1 is 1.41 bits per heavy atom. The minimum absolute atomic E-state index is 0.481. The van der Waals surface area contributed by atoms with Crippen molar-refractivity contribution in [2.75, 3.05) is 6.61 Å². The number of ether oxygens (including phenoxy) is 1. The SMILES string of the molecule is C/C=C/COc1ccc(Br)c(CNC(C)C)c1. The van der Waals surface area contributed by atoms with Gasteiger partial charge in [-0.15, -0.1) is 0 Å². The van der Waals surface area contributed by atoms with E-state index in [1.165, 1.54) is 5.56 Å². The second kappa shape index (κ2) is 7.51. The summed E-state index contributed by atoms with van der Waals surface area (Å²) < 4.78 is 6.73. The molecule has 0 atom stereocenters. The number of hydrogen-bond donors (Lipinski definition) is 1. The van der Waals surface area contributed by atoms with E-state index >= 15 is 0 Å². The fourth-order valence-corrected chi connectivity index (χ4v) is 1.72. The molecule has 0 aliphatic carbocycles. The molecule has 0 saturated carbocycles. The van der Waals surface area contributed by atoms with Crippen molar-refractivity contribution in [2.45, 2.75) is 33.4 Å². The molecule has 94 valence electrons. The molecule has 1 aromatic carbocycles. The van der Waals surface area contributed by atoms with Crippen molar-refractivity contribution in [1.29, 1.82) is 0 Å². The van der Waals surface area contributed by atoms with E-state index in [2.05, 4.69) is 41.2 Å². The molecule has 0 saturated heterocycles. The van der Waals surface area contributed by atoms with Gasteiger partial charge in [-0.3, -0.25) is 0 Å². The van der Waals surface area contributed by atoms with Crippen LogP contribution in [0.4, 0.5) is 0 Å². The summed E-state index contributed by atoms with van der Waals surface area (Å²) in [5.74, 6) is 0.909. The van der Waals surface area contributed by atoms with Crippen molar-refractivity contribution in [1.82, 2.24) is 5.32 Å². The Labute approximate surface area is 112 Å². The third-order valence-corrected chi connectivity index (χ3v) is 3.07. The summed E-state index contributed by atoms with van der Waals surface area (Å²) >= 11 is 3.55. The molecule has 0 aliphatic heterocycles. The lowest BCUT2D eigenvalue weighted by Crippen LogP contribution is -2.22.